The van der Waals surface area contributed by atoms with Crippen LogP contribution in [0.2, 0.25) is 0 Å². The summed E-state index contributed by atoms with van der Waals surface area (Å²) in [5, 5.41) is 9.54. The first-order valence-electron chi connectivity index (χ1n) is 7.02. The van der Waals surface area contributed by atoms with Gasteiger partial charge in [0.1, 0.15) is 0 Å². The number of aliphatic hydroxyl groups is 1. The minimum Gasteiger partial charge on any atom is -0.396 e. The Kier molecular flexibility index (Phi) is 5.72. The highest BCUT2D eigenvalue weighted by atomic mass is 32.2. The van der Waals surface area contributed by atoms with Crippen LogP contribution in [0.15, 0.2) is 30.3 Å². The summed E-state index contributed by atoms with van der Waals surface area (Å²) in [7, 11) is -3.58. The van der Waals surface area contributed by atoms with Crippen LogP contribution in [0.1, 0.15) is 18.4 Å². The van der Waals surface area contributed by atoms with E-state index in [1.807, 2.05) is 30.3 Å². The van der Waals surface area contributed by atoms with E-state index in [-0.39, 0.29) is 19.7 Å². The molecule has 3 N–H and O–H groups in total. The second-order valence-electron chi connectivity index (χ2n) is 5.40. The lowest BCUT2D eigenvalue weighted by molar-refractivity contribution is -0.0127. The quantitative estimate of drug-likeness (QED) is 0.680. The Bertz CT molecular complexity index is 527. The van der Waals surface area contributed by atoms with Crippen molar-refractivity contribution in [1.29, 1.82) is 0 Å². The lowest BCUT2D eigenvalue weighted by atomic mass is 9.81. The molecule has 0 aromatic heterocycles. The van der Waals surface area contributed by atoms with Gasteiger partial charge >= 0.3 is 0 Å². The maximum absolute atomic E-state index is 12.0. The summed E-state index contributed by atoms with van der Waals surface area (Å²) in [6, 6.07) is 9.32. The number of hydrogen-bond donors (Lipinski definition) is 3. The zero-order valence-corrected chi connectivity index (χ0v) is 12.7. The third-order valence-electron chi connectivity index (χ3n) is 3.84. The van der Waals surface area contributed by atoms with Crippen LogP contribution < -0.4 is 9.44 Å². The van der Waals surface area contributed by atoms with Gasteiger partial charge in [-0.3, -0.25) is 0 Å². The number of ether oxygens (including phenoxy) is 1. The number of hydrogen-bond acceptors (Lipinski definition) is 4. The van der Waals surface area contributed by atoms with E-state index in [0.29, 0.717) is 26.1 Å². The first-order valence-corrected chi connectivity index (χ1v) is 8.50. The van der Waals surface area contributed by atoms with Crippen molar-refractivity contribution in [2.45, 2.75) is 19.4 Å². The van der Waals surface area contributed by atoms with Crippen LogP contribution in [0.25, 0.3) is 0 Å². The minimum absolute atomic E-state index is 0.0441. The van der Waals surface area contributed by atoms with E-state index in [1.54, 1.807) is 0 Å². The van der Waals surface area contributed by atoms with Crippen LogP contribution in [0.5, 0.6) is 0 Å². The molecule has 0 spiro atoms. The zero-order chi connectivity index (χ0) is 15.2. The molecule has 118 valence electrons. The van der Waals surface area contributed by atoms with Crippen LogP contribution >= 0.6 is 0 Å². The maximum atomic E-state index is 12.0. The number of benzene rings is 1. The molecule has 2 rings (SSSR count). The maximum Gasteiger partial charge on any atom is 0.277 e. The SMILES string of the molecule is O=S(=O)(NCc1ccccc1)NCC1(CO)CCOCC1. The highest BCUT2D eigenvalue weighted by Gasteiger charge is 2.33. The molecule has 0 atom stereocenters. The van der Waals surface area contributed by atoms with E-state index in [9.17, 15) is 13.5 Å². The van der Waals surface area contributed by atoms with Crippen LogP contribution in [-0.4, -0.2) is 39.9 Å². The Morgan fingerprint density at radius 1 is 1.14 bits per heavy atom. The van der Waals surface area contributed by atoms with Crippen LogP contribution in [0.4, 0.5) is 0 Å². The van der Waals surface area contributed by atoms with Gasteiger partial charge in [0.2, 0.25) is 0 Å². The third kappa shape index (κ3) is 5.05. The van der Waals surface area contributed by atoms with Gasteiger partial charge in [0, 0.05) is 31.7 Å². The predicted octanol–water partition coefficient (Wildman–Crippen LogP) is 0.400. The lowest BCUT2D eigenvalue weighted by Crippen LogP contribution is -2.46. The van der Waals surface area contributed by atoms with Gasteiger partial charge in [0.05, 0.1) is 6.61 Å². The van der Waals surface area contributed by atoms with Crippen molar-refractivity contribution in [3.05, 3.63) is 35.9 Å². The van der Waals surface area contributed by atoms with Crippen molar-refractivity contribution in [3.8, 4) is 0 Å². The molecule has 7 heteroatoms. The van der Waals surface area contributed by atoms with Gasteiger partial charge in [-0.15, -0.1) is 0 Å². The van der Waals surface area contributed by atoms with Gasteiger partial charge in [-0.2, -0.15) is 13.1 Å². The number of aliphatic hydroxyl groups excluding tert-OH is 1. The van der Waals surface area contributed by atoms with Gasteiger partial charge in [0.15, 0.2) is 0 Å². The van der Waals surface area contributed by atoms with E-state index in [1.165, 1.54) is 0 Å². The normalized spacial score (nSPS) is 18.5. The second kappa shape index (κ2) is 7.33. The Labute approximate surface area is 125 Å². The summed E-state index contributed by atoms with van der Waals surface area (Å²) < 4.78 is 34.2. The van der Waals surface area contributed by atoms with Gasteiger partial charge in [-0.1, -0.05) is 30.3 Å². The average molecular weight is 314 g/mol. The Balaban J connectivity index is 1.85. The fraction of sp³-hybridized carbons (Fsp3) is 0.571. The standard InChI is InChI=1S/C14H22N2O4S/c17-12-14(6-8-20-9-7-14)11-16-21(18,19)15-10-13-4-2-1-3-5-13/h1-5,15-17H,6-12H2. The molecular weight excluding hydrogens is 292 g/mol. The van der Waals surface area contributed by atoms with Crippen LogP contribution in [0.3, 0.4) is 0 Å². The molecule has 1 aliphatic heterocycles. The Morgan fingerprint density at radius 2 is 1.81 bits per heavy atom. The van der Waals surface area contributed by atoms with Gasteiger partial charge in [-0.25, -0.2) is 4.72 Å². The molecule has 1 heterocycles. The molecule has 6 nitrogen and oxygen atoms in total. The molecule has 1 aromatic carbocycles. The first-order chi connectivity index (χ1) is 10.1. The largest absolute Gasteiger partial charge is 0.396 e. The van der Waals surface area contributed by atoms with Crippen molar-refractivity contribution in [2.24, 2.45) is 5.41 Å². The fourth-order valence-corrected chi connectivity index (χ4v) is 3.22. The van der Waals surface area contributed by atoms with Gasteiger partial charge < -0.3 is 9.84 Å². The Hall–Kier alpha value is -0.990. The van der Waals surface area contributed by atoms with E-state index in [4.69, 9.17) is 4.74 Å². The zero-order valence-electron chi connectivity index (χ0n) is 11.9. The first kappa shape index (κ1) is 16.4. The van der Waals surface area contributed by atoms with E-state index in [0.717, 1.165) is 5.56 Å². The monoisotopic (exact) mass is 314 g/mol. The molecule has 1 aromatic rings. The fourth-order valence-electron chi connectivity index (χ4n) is 2.27. The van der Waals surface area contributed by atoms with Crippen LogP contribution in [0, 0.1) is 5.41 Å². The van der Waals surface area contributed by atoms with E-state index < -0.39 is 15.6 Å². The van der Waals surface area contributed by atoms with Gasteiger partial charge in [0.25, 0.3) is 10.2 Å². The van der Waals surface area contributed by atoms with Crippen molar-refractivity contribution in [1.82, 2.24) is 9.44 Å². The molecule has 0 radical (unpaired) electrons. The lowest BCUT2D eigenvalue weighted by Gasteiger charge is -2.35. The van der Waals surface area contributed by atoms with Crippen molar-refractivity contribution < 1.29 is 18.3 Å². The molecule has 0 saturated carbocycles. The summed E-state index contributed by atoms with van der Waals surface area (Å²) >= 11 is 0. The molecule has 1 saturated heterocycles. The number of nitrogens with one attached hydrogen (secondary N) is 2. The topological polar surface area (TPSA) is 87.7 Å². The highest BCUT2D eigenvalue weighted by Crippen LogP contribution is 2.29. The van der Waals surface area contributed by atoms with Crippen molar-refractivity contribution in [2.75, 3.05) is 26.4 Å². The van der Waals surface area contributed by atoms with Gasteiger partial charge in [-0.05, 0) is 18.4 Å². The summed E-state index contributed by atoms with van der Waals surface area (Å²) in [5.74, 6) is 0. The predicted molar refractivity (Wildman–Crippen MR) is 79.8 cm³/mol. The van der Waals surface area contributed by atoms with Crippen molar-refractivity contribution in [3.63, 3.8) is 0 Å². The molecular formula is C14H22N2O4S. The second-order valence-corrected chi connectivity index (χ2v) is 6.99. The summed E-state index contributed by atoms with van der Waals surface area (Å²) in [4.78, 5) is 0. The average Bonchev–Trinajstić information content (AvgIpc) is 2.53. The molecule has 0 unspecified atom stereocenters. The minimum atomic E-state index is -3.58. The molecule has 0 bridgehead atoms. The summed E-state index contributed by atoms with van der Waals surface area (Å²) in [5.41, 5.74) is 0.477. The highest BCUT2D eigenvalue weighted by molar-refractivity contribution is 7.87. The molecule has 1 aliphatic rings. The third-order valence-corrected chi connectivity index (χ3v) is 4.88. The van der Waals surface area contributed by atoms with E-state index in [2.05, 4.69) is 9.44 Å². The number of rotatable bonds is 7. The van der Waals surface area contributed by atoms with E-state index >= 15 is 0 Å². The smallest absolute Gasteiger partial charge is 0.277 e. The summed E-state index contributed by atoms with van der Waals surface area (Å²) in [6.45, 7) is 1.53. The van der Waals surface area contributed by atoms with Crippen LogP contribution in [-0.2, 0) is 21.5 Å². The van der Waals surface area contributed by atoms with Crippen molar-refractivity contribution >= 4 is 10.2 Å². The summed E-state index contributed by atoms with van der Waals surface area (Å²) in [6.07, 6.45) is 1.31. The molecule has 21 heavy (non-hydrogen) atoms. The molecule has 0 aliphatic carbocycles. The molecule has 1 fully saturated rings. The molecule has 0 amide bonds. The Morgan fingerprint density at radius 3 is 2.43 bits per heavy atom.